The minimum Gasteiger partial charge on any atom is -0.478 e. The van der Waals surface area contributed by atoms with Crippen LogP contribution in [0.25, 0.3) is 0 Å². The van der Waals surface area contributed by atoms with Crippen LogP contribution in [-0.2, 0) is 4.74 Å². The van der Waals surface area contributed by atoms with Crippen molar-refractivity contribution in [3.8, 4) is 0 Å². The maximum absolute atomic E-state index is 4.90. The van der Waals surface area contributed by atoms with Crippen LogP contribution in [-0.4, -0.2) is 62.4 Å². The summed E-state index contributed by atoms with van der Waals surface area (Å²) in [6.07, 6.45) is 0. The minimum atomic E-state index is 0. The van der Waals surface area contributed by atoms with Gasteiger partial charge in [-0.15, -0.1) is 0 Å². The molecule has 0 unspecified atom stereocenters. The first kappa shape index (κ1) is 13.5. The molecule has 0 heterocycles. The van der Waals surface area contributed by atoms with Gasteiger partial charge in [-0.1, -0.05) is 26.5 Å². The van der Waals surface area contributed by atoms with E-state index >= 15 is 0 Å². The third kappa shape index (κ3) is 13.0. The fourth-order valence-corrected chi connectivity index (χ4v) is 0.381. The van der Waals surface area contributed by atoms with Crippen molar-refractivity contribution < 1.29 is 4.74 Å². The van der Waals surface area contributed by atoms with E-state index in [0.717, 1.165) is 0 Å². The van der Waals surface area contributed by atoms with Crippen LogP contribution in [0.2, 0.25) is 0 Å². The van der Waals surface area contributed by atoms with E-state index in [1.807, 2.05) is 0 Å². The molecule has 0 aliphatic carbocycles. The van der Waals surface area contributed by atoms with Crippen LogP contribution in [0.15, 0.2) is 0 Å². The van der Waals surface area contributed by atoms with Crippen molar-refractivity contribution in [2.45, 2.75) is 13.8 Å². The normalized spacial score (nSPS) is 8.44. The van der Waals surface area contributed by atoms with Gasteiger partial charge in [-0.2, -0.15) is 0 Å². The molecule has 0 saturated carbocycles. The molecular weight excluding hydrogens is 179 g/mol. The summed E-state index contributed by atoms with van der Waals surface area (Å²) in [6.45, 7) is 4.79. The third-order valence-corrected chi connectivity index (χ3v) is 0.787. The molecule has 0 saturated heterocycles. The molecule has 4 heteroatoms. The van der Waals surface area contributed by atoms with E-state index in [2.05, 4.69) is 38.7 Å². The molecule has 0 amide bonds. The Morgan fingerprint density at radius 2 is 2.11 bits per heavy atom. The van der Waals surface area contributed by atoms with Crippen molar-refractivity contribution >= 4 is 80.6 Å². The summed E-state index contributed by atoms with van der Waals surface area (Å²) in [5.41, 5.74) is 0. The fourth-order valence-electron chi connectivity index (χ4n) is 0.238. The van der Waals surface area contributed by atoms with Gasteiger partial charge in [0.15, 0.2) is 0 Å². The Balaban J connectivity index is 0. The standard InChI is InChI=1S/C5H10OS2.K/c1-4(2)3-6-5(7)8;/h4H,3H2,1-2H3,(H,7,8);. The van der Waals surface area contributed by atoms with Crippen LogP contribution in [0.5, 0.6) is 0 Å². The van der Waals surface area contributed by atoms with E-state index in [4.69, 9.17) is 4.74 Å². The van der Waals surface area contributed by atoms with E-state index in [9.17, 15) is 0 Å². The first-order valence-electron chi connectivity index (χ1n) is 2.48. The van der Waals surface area contributed by atoms with E-state index in [1.54, 1.807) is 0 Å². The fraction of sp³-hybridized carbons (Fsp3) is 0.800. The molecule has 0 rings (SSSR count). The predicted octanol–water partition coefficient (Wildman–Crippen LogP) is 1.49. The van der Waals surface area contributed by atoms with Gasteiger partial charge in [0.25, 0.3) is 0 Å². The van der Waals surface area contributed by atoms with E-state index in [1.165, 1.54) is 0 Å². The molecule has 0 aromatic heterocycles. The maximum atomic E-state index is 4.90. The number of rotatable bonds is 2. The molecule has 0 fully saturated rings. The molecule has 0 aliphatic heterocycles. The zero-order valence-electron chi connectivity index (χ0n) is 6.05. The molecule has 0 aromatic carbocycles. The van der Waals surface area contributed by atoms with E-state index in [-0.39, 0.29) is 51.4 Å². The van der Waals surface area contributed by atoms with Crippen LogP contribution in [0.4, 0.5) is 0 Å². The Morgan fingerprint density at radius 3 is 2.22 bits per heavy atom. The maximum Gasteiger partial charge on any atom is 0.216 e. The molecule has 1 nitrogen and oxygen atoms in total. The second-order valence-electron chi connectivity index (χ2n) is 1.97. The summed E-state index contributed by atoms with van der Waals surface area (Å²) >= 11 is 8.34. The van der Waals surface area contributed by atoms with E-state index < -0.39 is 0 Å². The Morgan fingerprint density at radius 1 is 1.67 bits per heavy atom. The topological polar surface area (TPSA) is 9.23 Å². The molecule has 0 spiro atoms. The predicted molar refractivity (Wildman–Crippen MR) is 48.1 cm³/mol. The molecule has 0 aromatic rings. The van der Waals surface area contributed by atoms with Gasteiger partial charge in [0, 0.05) is 51.4 Å². The Hall–Kier alpha value is 1.88. The number of thiol groups is 1. The third-order valence-electron chi connectivity index (χ3n) is 0.540. The van der Waals surface area contributed by atoms with Gasteiger partial charge >= 0.3 is 0 Å². The summed E-state index contributed by atoms with van der Waals surface area (Å²) in [5.74, 6) is 0.528. The van der Waals surface area contributed by atoms with Crippen molar-refractivity contribution in [2.24, 2.45) is 5.92 Å². The summed E-state index contributed by atoms with van der Waals surface area (Å²) in [6, 6.07) is 0. The van der Waals surface area contributed by atoms with Gasteiger partial charge in [-0.05, 0) is 18.1 Å². The molecule has 0 atom stereocenters. The van der Waals surface area contributed by atoms with Crippen LogP contribution in [0.3, 0.4) is 0 Å². The molecular formula is C5H10KOS2. The van der Waals surface area contributed by atoms with Gasteiger partial charge in [0.2, 0.25) is 4.38 Å². The minimum absolute atomic E-state index is 0. The summed E-state index contributed by atoms with van der Waals surface area (Å²) < 4.78 is 5.23. The summed E-state index contributed by atoms with van der Waals surface area (Å²) in [4.78, 5) is 0. The zero-order valence-corrected chi connectivity index (χ0v) is 10.9. The smallest absolute Gasteiger partial charge is 0.216 e. The molecule has 49 valence electrons. The first-order chi connectivity index (χ1) is 3.63. The van der Waals surface area contributed by atoms with Gasteiger partial charge < -0.3 is 4.74 Å². The Kier molecular flexibility index (Phi) is 11.9. The van der Waals surface area contributed by atoms with Crippen LogP contribution < -0.4 is 0 Å². The molecule has 9 heavy (non-hydrogen) atoms. The van der Waals surface area contributed by atoms with Crippen molar-refractivity contribution in [1.82, 2.24) is 0 Å². The van der Waals surface area contributed by atoms with Gasteiger partial charge in [-0.25, -0.2) is 0 Å². The van der Waals surface area contributed by atoms with Crippen molar-refractivity contribution in [3.05, 3.63) is 0 Å². The van der Waals surface area contributed by atoms with Crippen molar-refractivity contribution in [1.29, 1.82) is 0 Å². The molecule has 0 bridgehead atoms. The second kappa shape index (κ2) is 7.98. The first-order valence-corrected chi connectivity index (χ1v) is 3.34. The second-order valence-corrected chi connectivity index (χ2v) is 3.05. The van der Waals surface area contributed by atoms with Crippen molar-refractivity contribution in [3.63, 3.8) is 0 Å². The Bertz CT molecular complexity index is 85.0. The summed E-state index contributed by atoms with van der Waals surface area (Å²) in [7, 11) is 0. The van der Waals surface area contributed by atoms with Gasteiger partial charge in [0.05, 0.1) is 6.61 Å². The van der Waals surface area contributed by atoms with Crippen LogP contribution in [0.1, 0.15) is 13.8 Å². The SMILES string of the molecule is CC(C)COC(=S)S.[K]. The largest absolute Gasteiger partial charge is 0.478 e. The van der Waals surface area contributed by atoms with Crippen LogP contribution in [0, 0.1) is 5.92 Å². The van der Waals surface area contributed by atoms with Crippen LogP contribution >= 0.6 is 24.8 Å². The van der Waals surface area contributed by atoms with E-state index in [0.29, 0.717) is 16.9 Å². The quantitative estimate of drug-likeness (QED) is 0.400. The van der Waals surface area contributed by atoms with Gasteiger partial charge in [-0.3, -0.25) is 0 Å². The monoisotopic (exact) mass is 189 g/mol. The van der Waals surface area contributed by atoms with Gasteiger partial charge in [0.1, 0.15) is 0 Å². The number of hydrogen-bond acceptors (Lipinski definition) is 2. The number of ether oxygens (including phenoxy) is 1. The number of hydrogen-bond donors (Lipinski definition) is 1. The molecule has 0 aliphatic rings. The molecule has 0 N–H and O–H groups in total. The average Bonchev–Trinajstić information content (AvgIpc) is 1.61. The summed E-state index contributed by atoms with van der Waals surface area (Å²) in [5, 5.41) is 0. The zero-order chi connectivity index (χ0) is 6.57. The Labute approximate surface area is 110 Å². The number of thiocarbonyl (C=S) groups is 1. The van der Waals surface area contributed by atoms with Crippen molar-refractivity contribution in [2.75, 3.05) is 6.61 Å². The molecule has 1 radical (unpaired) electrons. The average molecular weight is 189 g/mol.